The molecule has 3 fully saturated rings. The first-order valence-electron chi connectivity index (χ1n) is 5.34. The summed E-state index contributed by atoms with van der Waals surface area (Å²) in [6, 6.07) is 0. The Morgan fingerprint density at radius 2 is 2.12 bits per heavy atom. The Bertz CT molecular complexity index is 495. The quantitative estimate of drug-likeness (QED) is 0.387. The van der Waals surface area contributed by atoms with Crippen molar-refractivity contribution in [3.05, 3.63) is 12.2 Å². The first-order chi connectivity index (χ1) is 7.90. The highest BCUT2D eigenvalue weighted by Gasteiger charge is 2.67. The van der Waals surface area contributed by atoms with Crippen LogP contribution in [-0.2, 0) is 28.6 Å². The van der Waals surface area contributed by atoms with Gasteiger partial charge in [0.1, 0.15) is 17.5 Å². The molecule has 5 unspecified atom stereocenters. The van der Waals surface area contributed by atoms with Crippen molar-refractivity contribution in [3.8, 4) is 0 Å². The van der Waals surface area contributed by atoms with Gasteiger partial charge in [-0.2, -0.15) is 8.42 Å². The highest BCUT2D eigenvalue weighted by molar-refractivity contribution is 7.87. The lowest BCUT2D eigenvalue weighted by atomic mass is 9.94. The molecule has 3 aliphatic heterocycles. The Morgan fingerprint density at radius 3 is 2.76 bits per heavy atom. The van der Waals surface area contributed by atoms with Crippen LogP contribution >= 0.6 is 0 Å². The number of hydrogen-bond donors (Lipinski definition) is 0. The molecule has 3 rings (SSSR count). The molecule has 3 heterocycles. The Hall–Kier alpha value is -0.920. The van der Waals surface area contributed by atoms with Crippen molar-refractivity contribution < 1.29 is 26.9 Å². The highest BCUT2D eigenvalue weighted by Crippen LogP contribution is 2.47. The van der Waals surface area contributed by atoms with E-state index in [9.17, 15) is 13.2 Å². The normalized spacial score (nSPS) is 44.9. The van der Waals surface area contributed by atoms with Gasteiger partial charge in [0, 0.05) is 5.57 Å². The van der Waals surface area contributed by atoms with Crippen LogP contribution in [0, 0.1) is 0 Å². The molecule has 0 saturated carbocycles. The minimum Gasteiger partial charge on any atom is -0.453 e. The van der Waals surface area contributed by atoms with Gasteiger partial charge in [0.25, 0.3) is 10.1 Å². The van der Waals surface area contributed by atoms with Crippen molar-refractivity contribution in [2.45, 2.75) is 43.0 Å². The van der Waals surface area contributed by atoms with E-state index in [-0.39, 0.29) is 11.7 Å². The Kier molecular flexibility index (Phi) is 2.17. The van der Waals surface area contributed by atoms with E-state index in [4.69, 9.17) is 13.7 Å². The average Bonchev–Trinajstić information content (AvgIpc) is 2.81. The molecular weight excluding hydrogens is 248 g/mol. The first kappa shape index (κ1) is 11.2. The molecule has 0 aromatic heterocycles. The maximum atomic E-state index is 11.6. The molecule has 0 aromatic rings. The van der Waals surface area contributed by atoms with Crippen molar-refractivity contribution in [1.29, 1.82) is 0 Å². The highest BCUT2D eigenvalue weighted by atomic mass is 32.2. The topological polar surface area (TPSA) is 78.9 Å². The van der Waals surface area contributed by atoms with Crippen LogP contribution in [0.5, 0.6) is 0 Å². The van der Waals surface area contributed by atoms with Gasteiger partial charge in [0.15, 0.2) is 6.10 Å². The standard InChI is InChI=1S/C10H12O6S/c1-4(2)10(11)15-7-5-3-6-8(14-5)9(7)16-17(6,12)13/h5-9H,1,3H2,2H3. The molecule has 0 spiro atoms. The third-order valence-corrected chi connectivity index (χ3v) is 5.08. The predicted molar refractivity (Wildman–Crippen MR) is 55.6 cm³/mol. The van der Waals surface area contributed by atoms with Crippen molar-refractivity contribution in [2.75, 3.05) is 0 Å². The van der Waals surface area contributed by atoms with Gasteiger partial charge in [-0.15, -0.1) is 0 Å². The zero-order valence-corrected chi connectivity index (χ0v) is 9.98. The Balaban J connectivity index is 1.83. The van der Waals surface area contributed by atoms with Crippen LogP contribution in [0.25, 0.3) is 0 Å². The van der Waals surface area contributed by atoms with Crippen molar-refractivity contribution in [3.63, 3.8) is 0 Å². The number of ether oxygens (including phenoxy) is 2. The molecule has 3 saturated heterocycles. The van der Waals surface area contributed by atoms with Crippen LogP contribution in [0.2, 0.25) is 0 Å². The SMILES string of the molecule is C=C(C)C(=O)OC1C2CC3C(O2)C1OS3(=O)=O. The molecule has 7 heteroatoms. The molecule has 0 amide bonds. The fraction of sp³-hybridized carbons (Fsp3) is 0.700. The van der Waals surface area contributed by atoms with Gasteiger partial charge in [-0.25, -0.2) is 4.79 Å². The zero-order chi connectivity index (χ0) is 12.4. The predicted octanol–water partition coefficient (Wildman–Crippen LogP) is -0.257. The third-order valence-electron chi connectivity index (χ3n) is 3.38. The fourth-order valence-corrected chi connectivity index (χ4v) is 4.24. The summed E-state index contributed by atoms with van der Waals surface area (Å²) in [5.41, 5.74) is 0.269. The fourth-order valence-electron chi connectivity index (χ4n) is 2.59. The van der Waals surface area contributed by atoms with Gasteiger partial charge >= 0.3 is 5.97 Å². The van der Waals surface area contributed by atoms with Crippen LogP contribution < -0.4 is 0 Å². The van der Waals surface area contributed by atoms with E-state index in [0.717, 1.165) is 0 Å². The van der Waals surface area contributed by atoms with Crippen LogP contribution in [0.3, 0.4) is 0 Å². The first-order valence-corrected chi connectivity index (χ1v) is 6.81. The van der Waals surface area contributed by atoms with Crippen LogP contribution in [0.1, 0.15) is 13.3 Å². The average molecular weight is 260 g/mol. The van der Waals surface area contributed by atoms with Crippen LogP contribution in [-0.4, -0.2) is 44.1 Å². The van der Waals surface area contributed by atoms with Crippen molar-refractivity contribution in [2.24, 2.45) is 0 Å². The molecule has 94 valence electrons. The minimum atomic E-state index is -3.56. The molecule has 5 atom stereocenters. The van der Waals surface area contributed by atoms with E-state index >= 15 is 0 Å². The van der Waals surface area contributed by atoms with E-state index in [1.54, 1.807) is 0 Å². The number of carbonyl (C=O) groups excluding carboxylic acids is 1. The lowest BCUT2D eigenvalue weighted by Crippen LogP contribution is -2.41. The van der Waals surface area contributed by atoms with Gasteiger partial charge in [-0.3, -0.25) is 4.18 Å². The Morgan fingerprint density at radius 1 is 1.41 bits per heavy atom. The lowest BCUT2D eigenvalue weighted by Gasteiger charge is -2.21. The number of esters is 1. The number of carbonyl (C=O) groups is 1. The van der Waals surface area contributed by atoms with E-state index in [1.807, 2.05) is 0 Å². The minimum absolute atomic E-state index is 0.269. The molecular formula is C10H12O6S. The monoisotopic (exact) mass is 260 g/mol. The molecule has 3 aliphatic rings. The molecule has 0 aliphatic carbocycles. The number of hydrogen-bond acceptors (Lipinski definition) is 6. The summed E-state index contributed by atoms with van der Waals surface area (Å²) in [5.74, 6) is -0.546. The second-order valence-corrected chi connectivity index (χ2v) is 6.40. The number of fused-ring (bicyclic) bond motifs is 1. The summed E-state index contributed by atoms with van der Waals surface area (Å²) in [6.45, 7) is 5.01. The van der Waals surface area contributed by atoms with Gasteiger partial charge in [0.05, 0.1) is 6.10 Å². The summed E-state index contributed by atoms with van der Waals surface area (Å²) in [7, 11) is -3.56. The van der Waals surface area contributed by atoms with Crippen molar-refractivity contribution in [1.82, 2.24) is 0 Å². The molecule has 0 radical (unpaired) electrons. The molecule has 2 bridgehead atoms. The maximum absolute atomic E-state index is 11.6. The van der Waals surface area contributed by atoms with Crippen molar-refractivity contribution >= 4 is 16.1 Å². The molecule has 17 heavy (non-hydrogen) atoms. The number of rotatable bonds is 2. The lowest BCUT2D eigenvalue weighted by molar-refractivity contribution is -0.149. The van der Waals surface area contributed by atoms with E-state index in [0.29, 0.717) is 6.42 Å². The second kappa shape index (κ2) is 3.30. The molecule has 0 N–H and O–H groups in total. The summed E-state index contributed by atoms with van der Waals surface area (Å²) in [6.07, 6.45) is -1.87. The third kappa shape index (κ3) is 1.46. The molecule has 6 nitrogen and oxygen atoms in total. The summed E-state index contributed by atoms with van der Waals surface area (Å²) in [5, 5.41) is -0.600. The Labute approximate surface area is 98.7 Å². The van der Waals surface area contributed by atoms with E-state index < -0.39 is 39.6 Å². The van der Waals surface area contributed by atoms with E-state index in [1.165, 1.54) is 6.92 Å². The maximum Gasteiger partial charge on any atom is 0.333 e. The summed E-state index contributed by atoms with van der Waals surface area (Å²) < 4.78 is 38.8. The largest absolute Gasteiger partial charge is 0.453 e. The van der Waals surface area contributed by atoms with Gasteiger partial charge in [-0.1, -0.05) is 6.58 Å². The zero-order valence-electron chi connectivity index (χ0n) is 9.16. The summed E-state index contributed by atoms with van der Waals surface area (Å²) >= 11 is 0. The van der Waals surface area contributed by atoms with Gasteiger partial charge in [0.2, 0.25) is 0 Å². The van der Waals surface area contributed by atoms with Gasteiger partial charge in [-0.05, 0) is 13.3 Å². The summed E-state index contributed by atoms with van der Waals surface area (Å²) in [4.78, 5) is 11.4. The van der Waals surface area contributed by atoms with Crippen LogP contribution in [0.4, 0.5) is 0 Å². The second-order valence-electron chi connectivity index (χ2n) is 4.62. The van der Waals surface area contributed by atoms with Crippen LogP contribution in [0.15, 0.2) is 12.2 Å². The van der Waals surface area contributed by atoms with Gasteiger partial charge < -0.3 is 9.47 Å². The van der Waals surface area contributed by atoms with E-state index in [2.05, 4.69) is 6.58 Å². The smallest absolute Gasteiger partial charge is 0.333 e. The molecule has 0 aromatic carbocycles.